The van der Waals surface area contributed by atoms with Crippen molar-refractivity contribution in [3.8, 4) is 0 Å². The number of aliphatic imine (C=N–C) groups is 1. The number of nitrogens with zero attached hydrogens (tertiary/aromatic N) is 2. The number of carbonyl (C=O) groups excluding carboxylic acids is 1. The van der Waals surface area contributed by atoms with Gasteiger partial charge in [-0.15, -0.1) is 0 Å². The monoisotopic (exact) mass is 396 g/mol. The molecule has 1 aromatic carbocycles. The second-order valence-corrected chi connectivity index (χ2v) is 9.88. The van der Waals surface area contributed by atoms with Crippen LogP contribution >= 0.6 is 11.8 Å². The van der Waals surface area contributed by atoms with Crippen LogP contribution < -0.4 is 4.90 Å². The lowest BCUT2D eigenvalue weighted by Crippen LogP contribution is -2.39. The van der Waals surface area contributed by atoms with Crippen molar-refractivity contribution in [2.24, 2.45) is 4.99 Å². The van der Waals surface area contributed by atoms with Crippen molar-refractivity contribution in [1.82, 2.24) is 0 Å². The molecule has 0 saturated carbocycles. The number of para-hydroxylation sites is 1. The Morgan fingerprint density at radius 1 is 1.27 bits per heavy atom. The van der Waals surface area contributed by atoms with Crippen LogP contribution in [0.4, 0.5) is 5.69 Å². The zero-order valence-electron chi connectivity index (χ0n) is 15.3. The molecule has 2 atom stereocenters. The van der Waals surface area contributed by atoms with Gasteiger partial charge in [-0.3, -0.25) is 4.79 Å². The fourth-order valence-corrected chi connectivity index (χ4v) is 7.53. The number of amides is 1. The van der Waals surface area contributed by atoms with Crippen molar-refractivity contribution in [2.45, 2.75) is 38.0 Å². The highest BCUT2D eigenvalue weighted by Crippen LogP contribution is 2.43. The van der Waals surface area contributed by atoms with Gasteiger partial charge in [0.05, 0.1) is 17.5 Å². The van der Waals surface area contributed by atoms with E-state index in [1.165, 1.54) is 18.9 Å². The highest BCUT2D eigenvalue weighted by molar-refractivity contribution is 8.16. The lowest BCUT2D eigenvalue weighted by Gasteiger charge is -2.29. The first-order valence-electron chi connectivity index (χ1n) is 8.77. The molecular weight excluding hydrogens is 372 g/mol. The number of thioether (sulfide) groups is 1. The van der Waals surface area contributed by atoms with Crippen LogP contribution in [0.2, 0.25) is 0 Å². The van der Waals surface area contributed by atoms with E-state index in [2.05, 4.69) is 31.0 Å². The number of benzene rings is 1. The van der Waals surface area contributed by atoms with Crippen LogP contribution in [0.15, 0.2) is 23.2 Å². The lowest BCUT2D eigenvalue weighted by atomic mass is 10.0. The average Bonchev–Trinajstić information content (AvgIpc) is 3.05. The van der Waals surface area contributed by atoms with E-state index >= 15 is 0 Å². The van der Waals surface area contributed by atoms with E-state index < -0.39 is 9.84 Å². The zero-order valence-corrected chi connectivity index (χ0v) is 16.9. The predicted octanol–water partition coefficient (Wildman–Crippen LogP) is 2.06. The second kappa shape index (κ2) is 7.70. The number of hydrogen-bond acceptors (Lipinski definition) is 5. The summed E-state index contributed by atoms with van der Waals surface area (Å²) >= 11 is 1.40. The van der Waals surface area contributed by atoms with Crippen molar-refractivity contribution < 1.29 is 17.9 Å². The van der Waals surface area contributed by atoms with Gasteiger partial charge in [-0.25, -0.2) is 8.42 Å². The Labute approximate surface area is 158 Å². The first-order chi connectivity index (χ1) is 12.4. The first-order valence-corrected chi connectivity index (χ1v) is 11.5. The van der Waals surface area contributed by atoms with E-state index in [-0.39, 0.29) is 35.3 Å². The molecule has 8 heteroatoms. The van der Waals surface area contributed by atoms with Crippen LogP contribution in [0.5, 0.6) is 0 Å². The number of aryl methyl sites for hydroxylation is 2. The quantitative estimate of drug-likeness (QED) is 0.758. The lowest BCUT2D eigenvalue weighted by molar-refractivity contribution is -0.121. The van der Waals surface area contributed by atoms with Crippen LogP contribution in [0, 0.1) is 0 Å². The standard InChI is InChI=1S/C18H24N2O4S2/c1-4-12-7-6-8-13(5-2)17(12)20-14-10-26(22,23)11-15(14)25-18(20)19-16(21)9-24-3/h6-8,14-15H,4-5,9-11H2,1-3H3/t14-,15+/m0/s1. The second-order valence-electron chi connectivity index (χ2n) is 6.52. The number of fused-ring (bicyclic) bond motifs is 1. The summed E-state index contributed by atoms with van der Waals surface area (Å²) in [7, 11) is -1.62. The third-order valence-electron chi connectivity index (χ3n) is 4.76. The minimum absolute atomic E-state index is 0.0818. The van der Waals surface area contributed by atoms with Gasteiger partial charge in [0.25, 0.3) is 5.91 Å². The molecular formula is C18H24N2O4S2. The molecule has 6 nitrogen and oxygen atoms in total. The van der Waals surface area contributed by atoms with E-state index in [0.29, 0.717) is 5.17 Å². The molecule has 0 spiro atoms. The fourth-order valence-electron chi connectivity index (χ4n) is 3.61. The van der Waals surface area contributed by atoms with Gasteiger partial charge in [0.15, 0.2) is 15.0 Å². The highest BCUT2D eigenvalue weighted by atomic mass is 32.2. The van der Waals surface area contributed by atoms with Crippen LogP contribution in [0.25, 0.3) is 0 Å². The Kier molecular flexibility index (Phi) is 5.74. The van der Waals surface area contributed by atoms with E-state index in [9.17, 15) is 13.2 Å². The number of rotatable bonds is 5. The van der Waals surface area contributed by atoms with Gasteiger partial charge in [-0.05, 0) is 24.0 Å². The summed E-state index contributed by atoms with van der Waals surface area (Å²) in [6.45, 7) is 4.08. The average molecular weight is 397 g/mol. The topological polar surface area (TPSA) is 76.0 Å². The van der Waals surface area contributed by atoms with Gasteiger partial charge in [-0.1, -0.05) is 43.8 Å². The van der Waals surface area contributed by atoms with Crippen LogP contribution in [-0.2, 0) is 32.2 Å². The summed E-state index contributed by atoms with van der Waals surface area (Å²) in [5.74, 6) is -0.120. The molecule has 1 amide bonds. The summed E-state index contributed by atoms with van der Waals surface area (Å²) in [6.07, 6.45) is 1.65. The molecule has 0 aliphatic carbocycles. The van der Waals surface area contributed by atoms with Gasteiger partial charge in [0.1, 0.15) is 6.61 Å². The molecule has 2 heterocycles. The van der Waals surface area contributed by atoms with E-state index in [1.54, 1.807) is 0 Å². The molecule has 2 fully saturated rings. The number of hydrogen-bond donors (Lipinski definition) is 0. The molecule has 3 rings (SSSR count). The highest BCUT2D eigenvalue weighted by Gasteiger charge is 2.50. The SMILES string of the molecule is CCc1cccc(CC)c1N1C(=NC(=O)COC)S[C@@H]2CS(=O)(=O)C[C@@H]21. The minimum atomic E-state index is -3.07. The third kappa shape index (κ3) is 3.68. The smallest absolute Gasteiger partial charge is 0.274 e. The molecule has 2 aliphatic rings. The Morgan fingerprint density at radius 3 is 2.50 bits per heavy atom. The Bertz CT molecular complexity index is 813. The van der Waals surface area contributed by atoms with Crippen LogP contribution in [0.1, 0.15) is 25.0 Å². The molecule has 142 valence electrons. The summed E-state index contributed by atoms with van der Waals surface area (Å²) in [4.78, 5) is 18.3. The van der Waals surface area contributed by atoms with Crippen molar-refractivity contribution in [1.29, 1.82) is 0 Å². The molecule has 26 heavy (non-hydrogen) atoms. The molecule has 2 aliphatic heterocycles. The number of anilines is 1. The summed E-state index contributed by atoms with van der Waals surface area (Å²) in [5, 5.41) is 0.497. The molecule has 0 unspecified atom stereocenters. The number of sulfone groups is 1. The van der Waals surface area contributed by atoms with Gasteiger partial charge in [0, 0.05) is 18.0 Å². The number of carbonyl (C=O) groups is 1. The fraction of sp³-hybridized carbons (Fsp3) is 0.556. The molecule has 0 aromatic heterocycles. The van der Waals surface area contributed by atoms with Gasteiger partial charge < -0.3 is 9.64 Å². The van der Waals surface area contributed by atoms with Gasteiger partial charge >= 0.3 is 0 Å². The van der Waals surface area contributed by atoms with E-state index in [0.717, 1.165) is 29.7 Å². The molecule has 0 radical (unpaired) electrons. The molecule has 0 N–H and O–H groups in total. The van der Waals surface area contributed by atoms with Gasteiger partial charge in [-0.2, -0.15) is 4.99 Å². The normalized spacial score (nSPS) is 25.7. The van der Waals surface area contributed by atoms with Crippen molar-refractivity contribution in [3.63, 3.8) is 0 Å². The number of ether oxygens (including phenoxy) is 1. The zero-order chi connectivity index (χ0) is 18.9. The summed E-state index contributed by atoms with van der Waals surface area (Å²) in [6, 6.07) is 5.96. The predicted molar refractivity (Wildman–Crippen MR) is 106 cm³/mol. The van der Waals surface area contributed by atoms with E-state index in [4.69, 9.17) is 4.74 Å². The first kappa shape index (κ1) is 19.4. The van der Waals surface area contributed by atoms with Crippen LogP contribution in [0.3, 0.4) is 0 Å². The minimum Gasteiger partial charge on any atom is -0.375 e. The van der Waals surface area contributed by atoms with Crippen molar-refractivity contribution in [2.75, 3.05) is 30.1 Å². The van der Waals surface area contributed by atoms with Crippen molar-refractivity contribution >= 4 is 38.4 Å². The Morgan fingerprint density at radius 2 is 1.92 bits per heavy atom. The maximum atomic E-state index is 12.2. The maximum Gasteiger partial charge on any atom is 0.274 e. The molecule has 2 saturated heterocycles. The van der Waals surface area contributed by atoms with Crippen LogP contribution in [-0.4, -0.2) is 56.0 Å². The summed E-state index contributed by atoms with van der Waals surface area (Å²) < 4.78 is 29.3. The number of methoxy groups -OCH3 is 1. The van der Waals surface area contributed by atoms with Crippen molar-refractivity contribution in [3.05, 3.63) is 29.3 Å². The maximum absolute atomic E-state index is 12.2. The Balaban J connectivity index is 2.11. The van der Waals surface area contributed by atoms with Gasteiger partial charge in [0.2, 0.25) is 0 Å². The molecule has 0 bridgehead atoms. The number of amidine groups is 1. The largest absolute Gasteiger partial charge is 0.375 e. The molecule has 1 aromatic rings. The van der Waals surface area contributed by atoms with E-state index in [1.807, 2.05) is 11.0 Å². The third-order valence-corrected chi connectivity index (χ3v) is 7.97. The summed E-state index contributed by atoms with van der Waals surface area (Å²) in [5.41, 5.74) is 3.29. The Hall–Kier alpha value is -1.38.